The van der Waals surface area contributed by atoms with E-state index in [0.29, 0.717) is 17.7 Å². The van der Waals surface area contributed by atoms with Gasteiger partial charge in [0, 0.05) is 17.9 Å². The van der Waals surface area contributed by atoms with Crippen LogP contribution in [0.15, 0.2) is 18.2 Å². The predicted octanol–water partition coefficient (Wildman–Crippen LogP) is 0.254. The van der Waals surface area contributed by atoms with E-state index in [1.165, 1.54) is 0 Å². The fraction of sp³-hybridized carbons (Fsp3) is 0.364. The van der Waals surface area contributed by atoms with Crippen molar-refractivity contribution < 1.29 is 15.0 Å². The minimum atomic E-state index is -1.000. The first-order chi connectivity index (χ1) is 7.65. The Morgan fingerprint density at radius 1 is 1.44 bits per heavy atom. The fourth-order valence-corrected chi connectivity index (χ4v) is 2.06. The second-order valence-corrected chi connectivity index (χ2v) is 4.12. The Kier molecular flexibility index (Phi) is 3.18. The summed E-state index contributed by atoms with van der Waals surface area (Å²) < 4.78 is 0. The molecule has 0 aromatic heterocycles. The molecule has 86 valence electrons. The van der Waals surface area contributed by atoms with E-state index in [9.17, 15) is 15.0 Å². The Balaban J connectivity index is 2.40. The van der Waals surface area contributed by atoms with Gasteiger partial charge in [-0.25, -0.2) is 0 Å². The van der Waals surface area contributed by atoms with E-state index in [1.807, 2.05) is 0 Å². The molecular formula is C11H13NO3S. The van der Waals surface area contributed by atoms with Crippen LogP contribution in [0.1, 0.15) is 27.6 Å². The van der Waals surface area contributed by atoms with Crippen LogP contribution in [0.3, 0.4) is 0 Å². The molecule has 1 aromatic carbocycles. The van der Waals surface area contributed by atoms with Crippen LogP contribution in [0, 0.1) is 0 Å². The van der Waals surface area contributed by atoms with Crippen molar-refractivity contribution in [2.45, 2.75) is 18.8 Å². The molecule has 0 bridgehead atoms. The number of carbonyl (C=O) groups excluding carboxylic acids is 1. The van der Waals surface area contributed by atoms with Gasteiger partial charge in [0.05, 0.1) is 6.10 Å². The molecular weight excluding hydrogens is 226 g/mol. The first-order valence-electron chi connectivity index (χ1n) is 5.02. The second kappa shape index (κ2) is 4.45. The number of nitrogens with one attached hydrogen (secondary N) is 1. The van der Waals surface area contributed by atoms with Gasteiger partial charge in [-0.15, -0.1) is 0 Å². The standard InChI is InChI=1S/C11H13NO3S/c13-9(5-16)10(14)6-2-1-3-7-8(6)4-12-11(7)15/h1-3,9-10,13-14,16H,4-5H2,(H,12,15). The summed E-state index contributed by atoms with van der Waals surface area (Å²) in [4.78, 5) is 11.4. The van der Waals surface area contributed by atoms with Gasteiger partial charge in [-0.05, 0) is 17.2 Å². The van der Waals surface area contributed by atoms with Crippen molar-refractivity contribution >= 4 is 18.5 Å². The minimum absolute atomic E-state index is 0.135. The van der Waals surface area contributed by atoms with Crippen LogP contribution >= 0.6 is 12.6 Å². The number of aliphatic hydroxyl groups is 2. The molecule has 1 aliphatic rings. The molecule has 1 amide bonds. The van der Waals surface area contributed by atoms with Crippen molar-refractivity contribution in [3.8, 4) is 0 Å². The van der Waals surface area contributed by atoms with Gasteiger partial charge in [0.2, 0.25) is 0 Å². The summed E-state index contributed by atoms with van der Waals surface area (Å²) in [5.41, 5.74) is 1.93. The van der Waals surface area contributed by atoms with E-state index in [2.05, 4.69) is 17.9 Å². The summed E-state index contributed by atoms with van der Waals surface area (Å²) in [6.45, 7) is 0.403. The number of hydrogen-bond donors (Lipinski definition) is 4. The summed E-state index contributed by atoms with van der Waals surface area (Å²) in [6.07, 6.45) is -1.93. The maximum atomic E-state index is 11.4. The molecule has 3 N–H and O–H groups in total. The highest BCUT2D eigenvalue weighted by molar-refractivity contribution is 7.80. The van der Waals surface area contributed by atoms with Crippen LogP contribution in [0.25, 0.3) is 0 Å². The van der Waals surface area contributed by atoms with Crippen LogP contribution in [0.2, 0.25) is 0 Å². The number of thiol groups is 1. The Morgan fingerprint density at radius 3 is 2.88 bits per heavy atom. The molecule has 0 saturated heterocycles. The van der Waals surface area contributed by atoms with E-state index in [0.717, 1.165) is 5.56 Å². The average molecular weight is 239 g/mol. The molecule has 0 fully saturated rings. The quantitative estimate of drug-likeness (QED) is 0.572. The van der Waals surface area contributed by atoms with Crippen LogP contribution < -0.4 is 5.32 Å². The lowest BCUT2D eigenvalue weighted by Gasteiger charge is -2.18. The van der Waals surface area contributed by atoms with E-state index in [-0.39, 0.29) is 11.7 Å². The molecule has 4 nitrogen and oxygen atoms in total. The summed E-state index contributed by atoms with van der Waals surface area (Å²) in [5.74, 6) is 0.0380. The zero-order valence-corrected chi connectivity index (χ0v) is 9.45. The van der Waals surface area contributed by atoms with Crippen molar-refractivity contribution in [2.75, 3.05) is 5.75 Å². The zero-order valence-electron chi connectivity index (χ0n) is 8.55. The maximum absolute atomic E-state index is 11.4. The highest BCUT2D eigenvalue weighted by atomic mass is 32.1. The third kappa shape index (κ3) is 1.81. The number of carbonyl (C=O) groups is 1. The SMILES string of the molecule is O=C1NCc2c1cccc2C(O)C(O)CS. The number of aliphatic hydroxyl groups excluding tert-OH is 2. The highest BCUT2D eigenvalue weighted by Gasteiger charge is 2.26. The highest BCUT2D eigenvalue weighted by Crippen LogP contribution is 2.27. The van der Waals surface area contributed by atoms with Crippen LogP contribution in [-0.4, -0.2) is 28.0 Å². The molecule has 2 rings (SSSR count). The summed E-state index contributed by atoms with van der Waals surface area (Å²) >= 11 is 3.94. The number of rotatable bonds is 3. The van der Waals surface area contributed by atoms with E-state index >= 15 is 0 Å². The van der Waals surface area contributed by atoms with Gasteiger partial charge in [-0.2, -0.15) is 12.6 Å². The Bertz CT molecular complexity index is 422. The largest absolute Gasteiger partial charge is 0.389 e. The number of benzene rings is 1. The number of fused-ring (bicyclic) bond motifs is 1. The Labute approximate surface area is 98.7 Å². The lowest BCUT2D eigenvalue weighted by Crippen LogP contribution is -2.21. The molecule has 1 aromatic rings. The van der Waals surface area contributed by atoms with Crippen molar-refractivity contribution in [1.29, 1.82) is 0 Å². The first-order valence-corrected chi connectivity index (χ1v) is 5.65. The molecule has 5 heteroatoms. The first kappa shape index (κ1) is 11.4. The van der Waals surface area contributed by atoms with Crippen LogP contribution in [0.4, 0.5) is 0 Å². The van der Waals surface area contributed by atoms with Crippen molar-refractivity contribution in [3.05, 3.63) is 34.9 Å². The fourth-order valence-electron chi connectivity index (χ4n) is 1.86. The molecule has 2 unspecified atom stereocenters. The lowest BCUT2D eigenvalue weighted by molar-refractivity contribution is 0.0332. The second-order valence-electron chi connectivity index (χ2n) is 3.75. The van der Waals surface area contributed by atoms with E-state index in [4.69, 9.17) is 0 Å². The molecule has 0 saturated carbocycles. The van der Waals surface area contributed by atoms with Gasteiger partial charge in [0.1, 0.15) is 6.10 Å². The summed E-state index contributed by atoms with van der Waals surface area (Å²) in [5, 5.41) is 22.1. The normalized spacial score (nSPS) is 17.8. The van der Waals surface area contributed by atoms with Gasteiger partial charge in [-0.3, -0.25) is 4.79 Å². The number of amides is 1. The summed E-state index contributed by atoms with van der Waals surface area (Å²) in [7, 11) is 0. The molecule has 16 heavy (non-hydrogen) atoms. The molecule has 2 atom stereocenters. The predicted molar refractivity (Wildman–Crippen MR) is 62.4 cm³/mol. The molecule has 0 spiro atoms. The summed E-state index contributed by atoms with van der Waals surface area (Å²) in [6, 6.07) is 5.13. The number of hydrogen-bond acceptors (Lipinski definition) is 4. The Hall–Kier alpha value is -1.04. The van der Waals surface area contributed by atoms with Gasteiger partial charge >= 0.3 is 0 Å². The van der Waals surface area contributed by atoms with Crippen LogP contribution in [0.5, 0.6) is 0 Å². The monoisotopic (exact) mass is 239 g/mol. The van der Waals surface area contributed by atoms with E-state index < -0.39 is 12.2 Å². The van der Waals surface area contributed by atoms with Crippen molar-refractivity contribution in [2.24, 2.45) is 0 Å². The molecule has 1 aliphatic heterocycles. The average Bonchev–Trinajstić information content (AvgIpc) is 2.69. The molecule has 0 aliphatic carbocycles. The van der Waals surface area contributed by atoms with Gasteiger partial charge in [0.25, 0.3) is 5.91 Å². The van der Waals surface area contributed by atoms with Gasteiger partial charge in [0.15, 0.2) is 0 Å². The van der Waals surface area contributed by atoms with Crippen molar-refractivity contribution in [1.82, 2.24) is 5.32 Å². The van der Waals surface area contributed by atoms with E-state index in [1.54, 1.807) is 18.2 Å². The van der Waals surface area contributed by atoms with Gasteiger partial charge < -0.3 is 15.5 Å². The third-order valence-electron chi connectivity index (χ3n) is 2.75. The smallest absolute Gasteiger partial charge is 0.251 e. The topological polar surface area (TPSA) is 69.6 Å². The van der Waals surface area contributed by atoms with Crippen molar-refractivity contribution in [3.63, 3.8) is 0 Å². The molecule has 1 heterocycles. The zero-order chi connectivity index (χ0) is 11.7. The lowest BCUT2D eigenvalue weighted by atomic mass is 9.96. The third-order valence-corrected chi connectivity index (χ3v) is 3.13. The van der Waals surface area contributed by atoms with Gasteiger partial charge in [-0.1, -0.05) is 12.1 Å². The van der Waals surface area contributed by atoms with Crippen LogP contribution in [-0.2, 0) is 6.54 Å². The Morgan fingerprint density at radius 2 is 2.19 bits per heavy atom. The molecule has 0 radical (unpaired) electrons. The maximum Gasteiger partial charge on any atom is 0.251 e. The minimum Gasteiger partial charge on any atom is -0.389 e.